The zero-order valence-corrected chi connectivity index (χ0v) is 9.71. The molecule has 0 aromatic carbocycles. The lowest BCUT2D eigenvalue weighted by atomic mass is 10.4. The molecule has 0 aliphatic carbocycles. The van der Waals surface area contributed by atoms with E-state index < -0.39 is 10.0 Å². The van der Waals surface area contributed by atoms with Gasteiger partial charge in [0.2, 0.25) is 0 Å². The van der Waals surface area contributed by atoms with Crippen molar-refractivity contribution in [2.24, 2.45) is 5.73 Å². The minimum Gasteiger partial charge on any atom is -0.326 e. The van der Waals surface area contributed by atoms with E-state index in [2.05, 4.69) is 10.2 Å². The van der Waals surface area contributed by atoms with Gasteiger partial charge < -0.3 is 5.73 Å². The topological polar surface area (TPSA) is 92.1 Å². The molecule has 0 saturated carbocycles. The van der Waals surface area contributed by atoms with Crippen LogP contribution in [0.5, 0.6) is 0 Å². The van der Waals surface area contributed by atoms with E-state index >= 15 is 0 Å². The first-order valence-electron chi connectivity index (χ1n) is 4.80. The molecule has 1 rings (SSSR count). The Morgan fingerprint density at radius 3 is 2.53 bits per heavy atom. The smallest absolute Gasteiger partial charge is 0.260 e. The van der Waals surface area contributed by atoms with E-state index in [-0.39, 0.29) is 11.6 Å². The molecule has 0 aliphatic rings. The molecule has 6 nitrogen and oxygen atoms in total. The summed E-state index contributed by atoms with van der Waals surface area (Å²) in [6, 6.07) is 0. The van der Waals surface area contributed by atoms with Gasteiger partial charge in [0.15, 0.2) is 5.03 Å². The van der Waals surface area contributed by atoms with Crippen molar-refractivity contribution in [2.45, 2.75) is 25.4 Å². The van der Waals surface area contributed by atoms with Crippen LogP contribution in [0.1, 0.15) is 19.4 Å². The third-order valence-electron chi connectivity index (χ3n) is 2.20. The molecule has 0 atom stereocenters. The Hall–Kier alpha value is -0.920. The highest BCUT2D eigenvalue weighted by Gasteiger charge is 2.25. The van der Waals surface area contributed by atoms with Crippen molar-refractivity contribution in [3.8, 4) is 0 Å². The van der Waals surface area contributed by atoms with Crippen molar-refractivity contribution in [1.29, 1.82) is 0 Å². The molecule has 0 fully saturated rings. The summed E-state index contributed by atoms with van der Waals surface area (Å²) in [6.45, 7) is 4.61. The average Bonchev–Trinajstić information content (AvgIpc) is 2.67. The largest absolute Gasteiger partial charge is 0.326 e. The van der Waals surface area contributed by atoms with Gasteiger partial charge in [-0.15, -0.1) is 0 Å². The number of H-pyrrole nitrogens is 1. The zero-order valence-electron chi connectivity index (χ0n) is 8.90. The first-order valence-corrected chi connectivity index (χ1v) is 6.24. The number of nitrogens with two attached hydrogens (primary N) is 1. The van der Waals surface area contributed by atoms with Gasteiger partial charge in [0.25, 0.3) is 10.0 Å². The van der Waals surface area contributed by atoms with Crippen LogP contribution >= 0.6 is 0 Å². The molecular formula is C8H16N4O2S. The van der Waals surface area contributed by atoms with Crippen LogP contribution in [0.4, 0.5) is 0 Å². The van der Waals surface area contributed by atoms with Crippen LogP contribution in [-0.2, 0) is 16.6 Å². The third kappa shape index (κ3) is 2.19. The molecule has 0 radical (unpaired) electrons. The van der Waals surface area contributed by atoms with Crippen molar-refractivity contribution in [3.05, 3.63) is 11.8 Å². The number of aromatic nitrogens is 2. The van der Waals surface area contributed by atoms with Gasteiger partial charge in [0, 0.05) is 25.2 Å². The van der Waals surface area contributed by atoms with Gasteiger partial charge >= 0.3 is 0 Å². The van der Waals surface area contributed by atoms with Gasteiger partial charge in [-0.2, -0.15) is 9.40 Å². The maximum absolute atomic E-state index is 12.0. The van der Waals surface area contributed by atoms with Gasteiger partial charge in [-0.25, -0.2) is 8.42 Å². The van der Waals surface area contributed by atoms with E-state index in [1.807, 2.05) is 0 Å². The Balaban J connectivity index is 3.16. The molecule has 0 saturated heterocycles. The van der Waals surface area contributed by atoms with E-state index in [0.717, 1.165) is 0 Å². The molecule has 7 heteroatoms. The normalized spacial score (nSPS) is 12.3. The predicted molar refractivity (Wildman–Crippen MR) is 56.6 cm³/mol. The van der Waals surface area contributed by atoms with E-state index in [1.54, 1.807) is 13.8 Å². The Morgan fingerprint density at radius 1 is 1.47 bits per heavy atom. The van der Waals surface area contributed by atoms with Gasteiger partial charge in [-0.3, -0.25) is 5.10 Å². The van der Waals surface area contributed by atoms with Crippen molar-refractivity contribution in [3.63, 3.8) is 0 Å². The van der Waals surface area contributed by atoms with Crippen molar-refractivity contribution >= 4 is 10.0 Å². The van der Waals surface area contributed by atoms with Gasteiger partial charge in [-0.1, -0.05) is 13.8 Å². The lowest BCUT2D eigenvalue weighted by Crippen LogP contribution is -2.31. The summed E-state index contributed by atoms with van der Waals surface area (Å²) in [5, 5.41) is 6.29. The maximum Gasteiger partial charge on any atom is 0.260 e. The fraction of sp³-hybridized carbons (Fsp3) is 0.625. The summed E-state index contributed by atoms with van der Waals surface area (Å²) in [5.74, 6) is 0. The molecule has 0 spiro atoms. The number of rotatable bonds is 5. The highest BCUT2D eigenvalue weighted by Crippen LogP contribution is 2.16. The van der Waals surface area contributed by atoms with Crippen molar-refractivity contribution < 1.29 is 8.42 Å². The number of hydrogen-bond donors (Lipinski definition) is 2. The SMILES string of the molecule is CCN(CC)S(=O)(=O)c1[nH]ncc1CN. The number of aromatic amines is 1. The molecule has 0 amide bonds. The summed E-state index contributed by atoms with van der Waals surface area (Å²) in [6.07, 6.45) is 1.44. The first-order chi connectivity index (χ1) is 7.07. The van der Waals surface area contributed by atoms with Crippen LogP contribution in [0.25, 0.3) is 0 Å². The van der Waals surface area contributed by atoms with E-state index in [0.29, 0.717) is 18.7 Å². The Morgan fingerprint density at radius 2 is 2.07 bits per heavy atom. The van der Waals surface area contributed by atoms with Crippen LogP contribution in [-0.4, -0.2) is 36.0 Å². The summed E-state index contributed by atoms with van der Waals surface area (Å²) in [5.41, 5.74) is 5.95. The van der Waals surface area contributed by atoms with E-state index in [9.17, 15) is 8.42 Å². The molecule has 0 unspecified atom stereocenters. The molecule has 86 valence electrons. The van der Waals surface area contributed by atoms with E-state index in [4.69, 9.17) is 5.73 Å². The predicted octanol–water partition coefficient (Wildman–Crippen LogP) is -0.101. The number of nitrogens with zero attached hydrogens (tertiary/aromatic N) is 2. The second kappa shape index (κ2) is 4.73. The lowest BCUT2D eigenvalue weighted by molar-refractivity contribution is 0.442. The highest BCUT2D eigenvalue weighted by molar-refractivity contribution is 7.89. The van der Waals surface area contributed by atoms with Gasteiger partial charge in [-0.05, 0) is 0 Å². The molecule has 15 heavy (non-hydrogen) atoms. The molecule has 1 aromatic heterocycles. The van der Waals surface area contributed by atoms with Crippen LogP contribution in [0, 0.1) is 0 Å². The first kappa shape index (κ1) is 12.2. The molecule has 3 N–H and O–H groups in total. The zero-order chi connectivity index (χ0) is 11.5. The molecule has 0 bridgehead atoms. The fourth-order valence-electron chi connectivity index (χ4n) is 1.36. The second-order valence-corrected chi connectivity index (χ2v) is 4.89. The monoisotopic (exact) mass is 232 g/mol. The lowest BCUT2D eigenvalue weighted by Gasteiger charge is -2.17. The molecule has 1 heterocycles. The molecule has 0 aliphatic heterocycles. The Labute approximate surface area is 89.5 Å². The minimum absolute atomic E-state index is 0.105. The summed E-state index contributed by atoms with van der Waals surface area (Å²) < 4.78 is 25.4. The van der Waals surface area contributed by atoms with Crippen LogP contribution in [0.2, 0.25) is 0 Å². The van der Waals surface area contributed by atoms with Crippen LogP contribution in [0.3, 0.4) is 0 Å². The molecule has 1 aromatic rings. The fourth-order valence-corrected chi connectivity index (χ4v) is 2.93. The third-order valence-corrected chi connectivity index (χ3v) is 4.27. The van der Waals surface area contributed by atoms with E-state index in [1.165, 1.54) is 10.5 Å². The van der Waals surface area contributed by atoms with Crippen molar-refractivity contribution in [2.75, 3.05) is 13.1 Å². The molecular weight excluding hydrogens is 216 g/mol. The number of hydrogen-bond acceptors (Lipinski definition) is 4. The van der Waals surface area contributed by atoms with Gasteiger partial charge in [0.1, 0.15) is 0 Å². The number of sulfonamides is 1. The van der Waals surface area contributed by atoms with Crippen LogP contribution < -0.4 is 5.73 Å². The quantitative estimate of drug-likeness (QED) is 0.741. The second-order valence-electron chi connectivity index (χ2n) is 3.02. The maximum atomic E-state index is 12.0. The van der Waals surface area contributed by atoms with Crippen molar-refractivity contribution in [1.82, 2.24) is 14.5 Å². The van der Waals surface area contributed by atoms with Crippen LogP contribution in [0.15, 0.2) is 11.2 Å². The minimum atomic E-state index is -3.47. The summed E-state index contributed by atoms with van der Waals surface area (Å²) in [7, 11) is -3.47. The van der Waals surface area contributed by atoms with Gasteiger partial charge in [0.05, 0.1) is 6.20 Å². The standard InChI is InChI=1S/C8H16N4O2S/c1-3-12(4-2)15(13,14)8-7(5-9)6-10-11-8/h6H,3-5,9H2,1-2H3,(H,10,11). The Bertz CT molecular complexity index is 408. The summed E-state index contributed by atoms with van der Waals surface area (Å²) in [4.78, 5) is 0. The average molecular weight is 232 g/mol. The summed E-state index contributed by atoms with van der Waals surface area (Å²) >= 11 is 0. The number of nitrogens with one attached hydrogen (secondary N) is 1. The Kier molecular flexibility index (Phi) is 3.83. The highest BCUT2D eigenvalue weighted by atomic mass is 32.2.